The third-order valence-corrected chi connectivity index (χ3v) is 8.33. The summed E-state index contributed by atoms with van der Waals surface area (Å²) < 4.78 is 7.65. The highest BCUT2D eigenvalue weighted by atomic mass is 16.5. The smallest absolute Gasteiger partial charge is 0.243 e. The number of hydrogen-bond acceptors (Lipinski definition) is 6. The van der Waals surface area contributed by atoms with E-state index >= 15 is 0 Å². The molecule has 2 aliphatic rings. The molecule has 238 valence electrons. The van der Waals surface area contributed by atoms with Gasteiger partial charge in [-0.2, -0.15) is 5.10 Å². The van der Waals surface area contributed by atoms with Crippen LogP contribution in [0.4, 0.5) is 0 Å². The Morgan fingerprint density at radius 1 is 1.00 bits per heavy atom. The molecule has 2 aliphatic heterocycles. The number of ether oxygens (including phenoxy) is 1. The topological polar surface area (TPSA) is 135 Å². The molecular weight excluding hydrogens is 572 g/mol. The highest BCUT2D eigenvalue weighted by Crippen LogP contribution is 2.21. The molecule has 2 aromatic carbocycles. The van der Waals surface area contributed by atoms with Crippen LogP contribution in [0.1, 0.15) is 55.2 Å². The second-order valence-corrected chi connectivity index (χ2v) is 11.8. The van der Waals surface area contributed by atoms with E-state index < -0.39 is 29.9 Å². The number of carbonyl (C=O) groups is 4. The summed E-state index contributed by atoms with van der Waals surface area (Å²) in [5.41, 5.74) is 2.74. The Balaban J connectivity index is 1.40. The van der Waals surface area contributed by atoms with Crippen LogP contribution in [-0.4, -0.2) is 69.6 Å². The second kappa shape index (κ2) is 15.4. The molecule has 1 saturated heterocycles. The lowest BCUT2D eigenvalue weighted by Crippen LogP contribution is -2.57. The van der Waals surface area contributed by atoms with Crippen LogP contribution in [0.5, 0.6) is 5.75 Å². The minimum atomic E-state index is -0.908. The van der Waals surface area contributed by atoms with Crippen molar-refractivity contribution in [2.45, 2.75) is 76.0 Å². The predicted octanol–water partition coefficient (Wildman–Crippen LogP) is 2.44. The van der Waals surface area contributed by atoms with Gasteiger partial charge < -0.3 is 25.6 Å². The summed E-state index contributed by atoms with van der Waals surface area (Å²) in [6, 6.07) is 14.8. The van der Waals surface area contributed by atoms with Crippen molar-refractivity contribution in [2.75, 3.05) is 13.2 Å². The van der Waals surface area contributed by atoms with Crippen molar-refractivity contribution in [1.82, 2.24) is 30.6 Å². The number of rotatable bonds is 7. The lowest BCUT2D eigenvalue weighted by Gasteiger charge is -2.30. The number of likely N-dealkylation sites (tertiary alicyclic amines) is 1. The molecule has 0 unspecified atom stereocenters. The number of amides is 4. The van der Waals surface area contributed by atoms with Crippen molar-refractivity contribution in [3.8, 4) is 5.75 Å². The Morgan fingerprint density at radius 3 is 2.60 bits per heavy atom. The van der Waals surface area contributed by atoms with E-state index in [1.54, 1.807) is 22.8 Å². The molecule has 3 atom stereocenters. The largest absolute Gasteiger partial charge is 0.494 e. The molecule has 5 rings (SSSR count). The number of aryl methyl sites for hydroxylation is 2. The van der Waals surface area contributed by atoms with Crippen LogP contribution in [0.3, 0.4) is 0 Å². The quantitative estimate of drug-likeness (QED) is 0.374. The zero-order valence-corrected chi connectivity index (χ0v) is 25.7. The number of nitrogens with zero attached hydrogens (tertiary/aromatic N) is 3. The van der Waals surface area contributed by atoms with E-state index in [0.29, 0.717) is 70.3 Å². The van der Waals surface area contributed by atoms with E-state index in [4.69, 9.17) is 4.74 Å². The maximum absolute atomic E-state index is 14.0. The van der Waals surface area contributed by atoms with E-state index in [1.807, 2.05) is 60.8 Å². The van der Waals surface area contributed by atoms with Gasteiger partial charge in [-0.15, -0.1) is 0 Å². The third-order valence-electron chi connectivity index (χ3n) is 8.33. The first-order valence-electron chi connectivity index (χ1n) is 15.8. The first kappa shape index (κ1) is 31.7. The molecule has 0 aliphatic carbocycles. The van der Waals surface area contributed by atoms with Gasteiger partial charge in [0.1, 0.15) is 23.9 Å². The molecule has 3 heterocycles. The molecular formula is C34H42N6O5. The number of hydrogen-bond donors (Lipinski definition) is 3. The van der Waals surface area contributed by atoms with Crippen LogP contribution in [0.2, 0.25) is 0 Å². The van der Waals surface area contributed by atoms with Crippen LogP contribution in [-0.2, 0) is 45.6 Å². The van der Waals surface area contributed by atoms with Gasteiger partial charge in [-0.05, 0) is 61.8 Å². The van der Waals surface area contributed by atoms with Crippen molar-refractivity contribution in [2.24, 2.45) is 7.05 Å². The van der Waals surface area contributed by atoms with E-state index in [0.717, 1.165) is 16.7 Å². The van der Waals surface area contributed by atoms with E-state index in [9.17, 15) is 19.2 Å². The van der Waals surface area contributed by atoms with Gasteiger partial charge in [0.05, 0.1) is 12.8 Å². The molecule has 0 saturated carbocycles. The average Bonchev–Trinajstić information content (AvgIpc) is 3.67. The summed E-state index contributed by atoms with van der Waals surface area (Å²) in [5, 5.41) is 13.0. The van der Waals surface area contributed by atoms with Crippen molar-refractivity contribution in [3.05, 3.63) is 83.7 Å². The zero-order valence-electron chi connectivity index (χ0n) is 25.7. The molecule has 11 nitrogen and oxygen atoms in total. The molecule has 1 aromatic heterocycles. The highest BCUT2D eigenvalue weighted by Gasteiger charge is 2.35. The Morgan fingerprint density at radius 2 is 1.84 bits per heavy atom. The van der Waals surface area contributed by atoms with Gasteiger partial charge in [0.15, 0.2) is 0 Å². The number of benzene rings is 2. The summed E-state index contributed by atoms with van der Waals surface area (Å²) in [6.45, 7) is 1.20. The van der Waals surface area contributed by atoms with Gasteiger partial charge in [0.2, 0.25) is 23.6 Å². The van der Waals surface area contributed by atoms with Gasteiger partial charge in [-0.25, -0.2) is 0 Å². The van der Waals surface area contributed by atoms with E-state index in [1.165, 1.54) is 0 Å². The number of aromatic nitrogens is 2. The molecule has 2 bridgehead atoms. The molecule has 0 radical (unpaired) electrons. The average molecular weight is 615 g/mol. The van der Waals surface area contributed by atoms with Gasteiger partial charge in [-0.3, -0.25) is 23.9 Å². The summed E-state index contributed by atoms with van der Waals surface area (Å²) in [7, 11) is 1.81. The van der Waals surface area contributed by atoms with Gasteiger partial charge in [0, 0.05) is 44.7 Å². The predicted molar refractivity (Wildman–Crippen MR) is 168 cm³/mol. The first-order chi connectivity index (χ1) is 21.9. The van der Waals surface area contributed by atoms with Gasteiger partial charge >= 0.3 is 0 Å². The second-order valence-electron chi connectivity index (χ2n) is 11.8. The fourth-order valence-electron chi connectivity index (χ4n) is 5.88. The lowest BCUT2D eigenvalue weighted by molar-refractivity contribution is -0.139. The van der Waals surface area contributed by atoms with Gasteiger partial charge in [0.25, 0.3) is 0 Å². The molecule has 3 N–H and O–H groups in total. The lowest BCUT2D eigenvalue weighted by atomic mass is 10.0. The molecule has 45 heavy (non-hydrogen) atoms. The maximum Gasteiger partial charge on any atom is 0.243 e. The molecule has 11 heteroatoms. The fourth-order valence-corrected chi connectivity index (χ4v) is 5.88. The van der Waals surface area contributed by atoms with Crippen LogP contribution < -0.4 is 20.7 Å². The third kappa shape index (κ3) is 8.93. The van der Waals surface area contributed by atoms with Crippen LogP contribution in [0, 0.1) is 0 Å². The molecule has 0 spiro atoms. The highest BCUT2D eigenvalue weighted by molar-refractivity contribution is 5.94. The number of fused-ring (bicyclic) bond motifs is 2. The summed E-state index contributed by atoms with van der Waals surface area (Å²) in [6.07, 6.45) is 7.47. The Hall–Kier alpha value is -4.67. The van der Waals surface area contributed by atoms with Crippen molar-refractivity contribution in [1.29, 1.82) is 0 Å². The summed E-state index contributed by atoms with van der Waals surface area (Å²) in [4.78, 5) is 55.7. The van der Waals surface area contributed by atoms with Crippen molar-refractivity contribution in [3.63, 3.8) is 0 Å². The molecule has 1 fully saturated rings. The van der Waals surface area contributed by atoms with Gasteiger partial charge in [-0.1, -0.05) is 42.5 Å². The van der Waals surface area contributed by atoms with E-state index in [2.05, 4.69) is 21.0 Å². The number of carbonyl (C=O) groups excluding carboxylic acids is 4. The van der Waals surface area contributed by atoms with Crippen LogP contribution in [0.25, 0.3) is 0 Å². The first-order valence-corrected chi connectivity index (χ1v) is 15.8. The molecule has 3 aromatic rings. The Bertz CT molecular complexity index is 1470. The summed E-state index contributed by atoms with van der Waals surface area (Å²) in [5.74, 6) is -0.526. The number of nitrogens with one attached hydrogen (secondary N) is 3. The monoisotopic (exact) mass is 614 g/mol. The minimum Gasteiger partial charge on any atom is -0.494 e. The normalized spacial score (nSPS) is 21.5. The van der Waals surface area contributed by atoms with Crippen molar-refractivity contribution < 1.29 is 23.9 Å². The fraction of sp³-hybridized carbons (Fsp3) is 0.441. The molecule has 4 amide bonds. The Labute approximate surface area is 263 Å². The summed E-state index contributed by atoms with van der Waals surface area (Å²) >= 11 is 0. The standard InChI is InChI=1S/C34H42N6O5/c1-39-23-26(22-36-39)21-35-32(42)28-13-5-6-18-45-27-12-7-11-25(19-27)20-30(40-17-8-14-31(40)41)34(44)38-29(33(43)37-28)16-15-24-9-3-2-4-10-24/h2-4,7,9-12,19,22-23,28-30H,5-6,8,13-18,20-21H2,1H3,(H,35,42)(H,37,43)(H,38,44)/t28-,29-,30-/m0/s1. The minimum absolute atomic E-state index is 0.0763. The zero-order chi connectivity index (χ0) is 31.6. The van der Waals surface area contributed by atoms with E-state index in [-0.39, 0.29) is 18.4 Å². The maximum atomic E-state index is 14.0. The van der Waals surface area contributed by atoms with Crippen molar-refractivity contribution >= 4 is 23.6 Å². The van der Waals surface area contributed by atoms with Crippen LogP contribution in [0.15, 0.2) is 67.0 Å². The Kier molecular flexibility index (Phi) is 10.8. The SMILES string of the molecule is Cn1cc(CNC(=O)[C@@H]2CCCCOc3cccc(c3)C[C@H](N3CCCC3=O)C(=O)N[C@@H](CCc3ccccc3)C(=O)N2)cn1. The van der Waals surface area contributed by atoms with Crippen LogP contribution >= 0.6 is 0 Å².